The fourth-order valence-electron chi connectivity index (χ4n) is 4.53. The number of nitrogens with zero attached hydrogens (tertiary/aromatic N) is 2. The van der Waals surface area contributed by atoms with Crippen LogP contribution in [-0.4, -0.2) is 47.3 Å². The molecule has 3 aromatic rings. The number of imide groups is 1. The number of hydrogen-bond donors (Lipinski definition) is 1. The topological polar surface area (TPSA) is 71.5 Å². The maximum atomic E-state index is 13.5. The number of ether oxygens (including phenoxy) is 1. The molecule has 2 fully saturated rings. The van der Waals surface area contributed by atoms with Gasteiger partial charge in [0.05, 0.1) is 22.7 Å². The predicted octanol–water partition coefficient (Wildman–Crippen LogP) is 4.81. The Morgan fingerprint density at radius 1 is 1.21 bits per heavy atom. The number of carbonyl (C=O) groups excluding carboxylic acids is 2. The van der Waals surface area contributed by atoms with Crippen LogP contribution >= 0.6 is 22.9 Å². The van der Waals surface area contributed by atoms with Crippen molar-refractivity contribution in [2.75, 3.05) is 13.1 Å². The Labute approximate surface area is 203 Å². The number of aromatic nitrogens is 1. The summed E-state index contributed by atoms with van der Waals surface area (Å²) in [6.45, 7) is 2.59. The van der Waals surface area contributed by atoms with Crippen LogP contribution in [0.2, 0.25) is 5.02 Å². The van der Waals surface area contributed by atoms with Crippen molar-refractivity contribution in [3.63, 3.8) is 0 Å². The van der Waals surface area contributed by atoms with Gasteiger partial charge in [-0.15, -0.1) is 11.3 Å². The van der Waals surface area contributed by atoms with Crippen LogP contribution in [-0.2, 0) is 16.1 Å². The smallest absolute Gasteiger partial charge is 0.246 e. The lowest BCUT2D eigenvalue weighted by Crippen LogP contribution is -2.31. The van der Waals surface area contributed by atoms with E-state index >= 15 is 0 Å². The van der Waals surface area contributed by atoms with Gasteiger partial charge in [0, 0.05) is 53.2 Å². The molecule has 10 heteroatoms. The molecule has 2 aliphatic heterocycles. The predicted molar refractivity (Wildman–Crippen MR) is 126 cm³/mol. The minimum Gasteiger partial charge on any atom is -0.488 e. The molecule has 178 valence electrons. The summed E-state index contributed by atoms with van der Waals surface area (Å²) >= 11 is 7.83. The molecular formula is C24H22ClF2N3O3S. The first-order chi connectivity index (χ1) is 16.3. The van der Waals surface area contributed by atoms with Crippen LogP contribution in [0.3, 0.4) is 0 Å². The highest BCUT2D eigenvalue weighted by molar-refractivity contribution is 7.19. The first-order valence-electron chi connectivity index (χ1n) is 11.0. The maximum absolute atomic E-state index is 13.5. The van der Waals surface area contributed by atoms with E-state index in [0.717, 1.165) is 20.7 Å². The van der Waals surface area contributed by atoms with Crippen molar-refractivity contribution in [2.24, 2.45) is 5.92 Å². The molecule has 2 saturated heterocycles. The number of aryl methyl sites for hydroxylation is 1. The number of hydrogen-bond acceptors (Lipinski definition) is 6. The van der Waals surface area contributed by atoms with Gasteiger partial charge in [-0.25, -0.2) is 8.78 Å². The normalized spacial score (nSPS) is 20.8. The molecule has 4 heterocycles. The van der Waals surface area contributed by atoms with Crippen molar-refractivity contribution in [3.05, 3.63) is 45.9 Å². The van der Waals surface area contributed by atoms with Gasteiger partial charge in [0.15, 0.2) is 0 Å². The number of nitrogens with one attached hydrogen (secondary N) is 1. The zero-order valence-electron chi connectivity index (χ0n) is 18.3. The molecule has 1 aromatic carbocycles. The van der Waals surface area contributed by atoms with Crippen LogP contribution in [0.5, 0.6) is 5.75 Å². The minimum atomic E-state index is -2.49. The van der Waals surface area contributed by atoms with Crippen LogP contribution in [0, 0.1) is 12.8 Å². The number of alkyl halides is 2. The number of carbonyl (C=O) groups is 2. The molecule has 0 aliphatic carbocycles. The lowest BCUT2D eigenvalue weighted by atomic mass is 10.0. The second kappa shape index (κ2) is 9.20. The summed E-state index contributed by atoms with van der Waals surface area (Å²) in [6.07, 6.45) is -1.00. The standard InChI is InChI=1S/C24H22ClF2N3O3S/c1-12-6-13(25)7-16(22(12)33-19-10-28-9-17(19)24(26)27)15-4-5-29-18-8-14(34-23(15)18)11-30-20(31)2-3-21(30)32/h4-8,17,19,24,28H,2-3,9-11H2,1H3/t17?,19-/m1/s1. The van der Waals surface area contributed by atoms with Crippen LogP contribution < -0.4 is 10.1 Å². The highest BCUT2D eigenvalue weighted by Crippen LogP contribution is 2.42. The van der Waals surface area contributed by atoms with E-state index in [0.29, 0.717) is 28.4 Å². The van der Waals surface area contributed by atoms with E-state index in [1.165, 1.54) is 16.2 Å². The molecule has 2 aromatic heterocycles. The molecule has 0 radical (unpaired) electrons. The number of thiophene rings is 1. The van der Waals surface area contributed by atoms with E-state index in [-0.39, 0.29) is 37.7 Å². The summed E-state index contributed by atoms with van der Waals surface area (Å²) in [4.78, 5) is 30.7. The maximum Gasteiger partial charge on any atom is 0.246 e. The monoisotopic (exact) mass is 505 g/mol. The fraction of sp³-hybridized carbons (Fsp3) is 0.375. The van der Waals surface area contributed by atoms with E-state index in [1.54, 1.807) is 18.3 Å². The molecule has 0 spiro atoms. The molecule has 2 atom stereocenters. The Bertz CT molecular complexity index is 1270. The summed E-state index contributed by atoms with van der Waals surface area (Å²) in [5.41, 5.74) is 2.96. The summed E-state index contributed by atoms with van der Waals surface area (Å²) in [7, 11) is 0. The Hall–Kier alpha value is -2.62. The Balaban J connectivity index is 1.55. The first-order valence-corrected chi connectivity index (χ1v) is 12.2. The summed E-state index contributed by atoms with van der Waals surface area (Å²) in [6, 6.07) is 7.23. The van der Waals surface area contributed by atoms with E-state index in [2.05, 4.69) is 10.3 Å². The second-order valence-electron chi connectivity index (χ2n) is 8.57. The number of fused-ring (bicyclic) bond motifs is 1. The summed E-state index contributed by atoms with van der Waals surface area (Å²) in [5, 5.41) is 3.49. The highest BCUT2D eigenvalue weighted by atomic mass is 35.5. The zero-order chi connectivity index (χ0) is 24.0. The highest BCUT2D eigenvalue weighted by Gasteiger charge is 2.36. The van der Waals surface area contributed by atoms with Crippen LogP contribution in [0.15, 0.2) is 30.5 Å². The van der Waals surface area contributed by atoms with Crippen molar-refractivity contribution in [1.82, 2.24) is 15.2 Å². The van der Waals surface area contributed by atoms with E-state index in [9.17, 15) is 18.4 Å². The number of halogens is 3. The van der Waals surface area contributed by atoms with Gasteiger partial charge in [0.25, 0.3) is 0 Å². The molecule has 2 amide bonds. The van der Waals surface area contributed by atoms with Crippen molar-refractivity contribution in [1.29, 1.82) is 0 Å². The number of amides is 2. The average Bonchev–Trinajstić information content (AvgIpc) is 3.50. The molecule has 1 N–H and O–H groups in total. The van der Waals surface area contributed by atoms with E-state index in [4.69, 9.17) is 16.3 Å². The van der Waals surface area contributed by atoms with E-state index < -0.39 is 18.4 Å². The number of pyridine rings is 1. The molecule has 2 aliphatic rings. The quantitative estimate of drug-likeness (QED) is 0.487. The Morgan fingerprint density at radius 3 is 2.71 bits per heavy atom. The van der Waals surface area contributed by atoms with Gasteiger partial charge in [-0.1, -0.05) is 11.6 Å². The van der Waals surface area contributed by atoms with Crippen molar-refractivity contribution < 1.29 is 23.1 Å². The van der Waals surface area contributed by atoms with Gasteiger partial charge in [-0.05, 0) is 36.8 Å². The lowest BCUT2D eigenvalue weighted by Gasteiger charge is -2.23. The van der Waals surface area contributed by atoms with Gasteiger partial charge >= 0.3 is 0 Å². The van der Waals surface area contributed by atoms with Crippen LogP contribution in [0.4, 0.5) is 8.78 Å². The average molecular weight is 506 g/mol. The van der Waals surface area contributed by atoms with Gasteiger partial charge in [0.2, 0.25) is 18.2 Å². The zero-order valence-corrected chi connectivity index (χ0v) is 19.9. The van der Waals surface area contributed by atoms with Gasteiger partial charge < -0.3 is 10.1 Å². The molecule has 1 unspecified atom stereocenters. The molecular weight excluding hydrogens is 484 g/mol. The Morgan fingerprint density at radius 2 is 1.97 bits per heavy atom. The van der Waals surface area contributed by atoms with Crippen LogP contribution in [0.25, 0.3) is 21.3 Å². The van der Waals surface area contributed by atoms with Crippen molar-refractivity contribution >= 4 is 45.0 Å². The first kappa shape index (κ1) is 23.1. The number of rotatable bonds is 6. The molecule has 34 heavy (non-hydrogen) atoms. The van der Waals surface area contributed by atoms with Gasteiger partial charge in [-0.3, -0.25) is 19.5 Å². The molecule has 0 saturated carbocycles. The third-order valence-electron chi connectivity index (χ3n) is 6.26. The third kappa shape index (κ3) is 4.28. The summed E-state index contributed by atoms with van der Waals surface area (Å²) in [5.74, 6) is -0.730. The minimum absolute atomic E-state index is 0.171. The largest absolute Gasteiger partial charge is 0.488 e. The second-order valence-corrected chi connectivity index (χ2v) is 10.1. The fourth-order valence-corrected chi connectivity index (χ4v) is 5.93. The van der Waals surface area contributed by atoms with Crippen molar-refractivity contribution in [3.8, 4) is 16.9 Å². The van der Waals surface area contributed by atoms with Crippen molar-refractivity contribution in [2.45, 2.75) is 38.8 Å². The van der Waals surface area contributed by atoms with E-state index in [1.807, 2.05) is 19.1 Å². The SMILES string of the molecule is Cc1cc(Cl)cc(-c2ccnc3cc(CN4C(=O)CCC4=O)sc23)c1O[C@@H]1CNCC1C(F)F. The number of benzene rings is 1. The lowest BCUT2D eigenvalue weighted by molar-refractivity contribution is -0.138. The van der Waals surface area contributed by atoms with Gasteiger partial charge in [-0.2, -0.15) is 0 Å². The molecule has 0 bridgehead atoms. The number of likely N-dealkylation sites (tertiary alicyclic amines) is 1. The summed E-state index contributed by atoms with van der Waals surface area (Å²) < 4.78 is 34.1. The molecule has 5 rings (SSSR count). The molecule has 6 nitrogen and oxygen atoms in total. The third-order valence-corrected chi connectivity index (χ3v) is 7.62. The van der Waals surface area contributed by atoms with Gasteiger partial charge in [0.1, 0.15) is 11.9 Å². The van der Waals surface area contributed by atoms with Crippen LogP contribution in [0.1, 0.15) is 23.3 Å². The Kier molecular flexibility index (Phi) is 6.26.